The summed E-state index contributed by atoms with van der Waals surface area (Å²) in [5.74, 6) is 0. The Hall–Kier alpha value is -0.770. The van der Waals surface area contributed by atoms with Crippen LogP contribution in [0.3, 0.4) is 0 Å². The van der Waals surface area contributed by atoms with Gasteiger partial charge in [-0.3, -0.25) is 0 Å². The van der Waals surface area contributed by atoms with Crippen LogP contribution in [0, 0.1) is 0 Å². The van der Waals surface area contributed by atoms with Gasteiger partial charge in [0, 0.05) is 10.9 Å². The van der Waals surface area contributed by atoms with Crippen LogP contribution in [0.4, 0.5) is 5.00 Å². The average molecular weight is 214 g/mol. The topological polar surface area (TPSA) is 46.2 Å². The molecule has 0 aliphatic carbocycles. The van der Waals surface area contributed by atoms with Crippen molar-refractivity contribution in [1.29, 1.82) is 0 Å². The van der Waals surface area contributed by atoms with Crippen LogP contribution in [0.2, 0.25) is 5.02 Å². The molecule has 0 aliphatic heterocycles. The first kappa shape index (κ1) is 8.81. The van der Waals surface area contributed by atoms with Crippen LogP contribution in [0.1, 0.15) is 5.56 Å². The van der Waals surface area contributed by atoms with E-state index in [1.807, 2.05) is 18.2 Å². The highest BCUT2D eigenvalue weighted by molar-refractivity contribution is 7.23. The highest BCUT2D eigenvalue weighted by Crippen LogP contribution is 2.37. The van der Waals surface area contributed by atoms with Gasteiger partial charge in [-0.25, -0.2) is 0 Å². The number of thiophene rings is 1. The van der Waals surface area contributed by atoms with E-state index >= 15 is 0 Å². The zero-order chi connectivity index (χ0) is 9.42. The lowest BCUT2D eigenvalue weighted by atomic mass is 10.2. The van der Waals surface area contributed by atoms with Gasteiger partial charge in [-0.05, 0) is 6.07 Å². The summed E-state index contributed by atoms with van der Waals surface area (Å²) in [4.78, 5) is 0. The standard InChI is InChI=1S/C9H8ClNOS/c10-7-3-1-2-5-6(4-12)9(11)13-8(5)7/h1-3,12H,4,11H2. The molecule has 3 N–H and O–H groups in total. The van der Waals surface area contributed by atoms with Gasteiger partial charge in [-0.2, -0.15) is 0 Å². The quantitative estimate of drug-likeness (QED) is 0.765. The molecule has 1 heterocycles. The molecule has 0 fully saturated rings. The lowest BCUT2D eigenvalue weighted by Gasteiger charge is -1.95. The van der Waals surface area contributed by atoms with Crippen LogP contribution in [-0.2, 0) is 6.61 Å². The van der Waals surface area contributed by atoms with Crippen molar-refractivity contribution < 1.29 is 5.11 Å². The number of halogens is 1. The fourth-order valence-electron chi connectivity index (χ4n) is 1.32. The molecule has 0 saturated carbocycles. The lowest BCUT2D eigenvalue weighted by molar-refractivity contribution is 0.284. The van der Waals surface area contributed by atoms with Crippen LogP contribution in [0.15, 0.2) is 18.2 Å². The summed E-state index contributed by atoms with van der Waals surface area (Å²) in [5.41, 5.74) is 6.51. The maximum Gasteiger partial charge on any atom is 0.0925 e. The van der Waals surface area contributed by atoms with Crippen LogP contribution >= 0.6 is 22.9 Å². The molecule has 0 spiro atoms. The Balaban J connectivity index is 2.86. The molecule has 68 valence electrons. The third-order valence-electron chi connectivity index (χ3n) is 1.96. The van der Waals surface area contributed by atoms with Crippen LogP contribution < -0.4 is 5.73 Å². The Morgan fingerprint density at radius 3 is 2.92 bits per heavy atom. The van der Waals surface area contributed by atoms with Gasteiger partial charge in [0.15, 0.2) is 0 Å². The molecule has 0 aliphatic rings. The maximum absolute atomic E-state index is 9.08. The Morgan fingerprint density at radius 2 is 2.23 bits per heavy atom. The van der Waals surface area contributed by atoms with E-state index in [-0.39, 0.29) is 6.61 Å². The normalized spacial score (nSPS) is 10.9. The molecule has 4 heteroatoms. The Morgan fingerprint density at radius 1 is 1.46 bits per heavy atom. The molecule has 0 amide bonds. The lowest BCUT2D eigenvalue weighted by Crippen LogP contribution is -1.87. The smallest absolute Gasteiger partial charge is 0.0925 e. The largest absolute Gasteiger partial charge is 0.392 e. The molecule has 0 unspecified atom stereocenters. The summed E-state index contributed by atoms with van der Waals surface area (Å²) in [6.45, 7) is -0.0355. The van der Waals surface area contributed by atoms with E-state index in [4.69, 9.17) is 22.4 Å². The van der Waals surface area contributed by atoms with E-state index < -0.39 is 0 Å². The van der Waals surface area contributed by atoms with Gasteiger partial charge < -0.3 is 10.8 Å². The summed E-state index contributed by atoms with van der Waals surface area (Å²) in [6, 6.07) is 5.59. The summed E-state index contributed by atoms with van der Waals surface area (Å²) in [7, 11) is 0. The number of aliphatic hydroxyl groups is 1. The maximum atomic E-state index is 9.08. The van der Waals surface area contributed by atoms with Crippen molar-refractivity contribution in [2.24, 2.45) is 0 Å². The Bertz CT molecular complexity index is 452. The van der Waals surface area contributed by atoms with Crippen molar-refractivity contribution >= 4 is 38.0 Å². The minimum Gasteiger partial charge on any atom is -0.392 e. The molecule has 0 saturated heterocycles. The second kappa shape index (κ2) is 3.18. The van der Waals surface area contributed by atoms with E-state index in [1.165, 1.54) is 11.3 Å². The van der Waals surface area contributed by atoms with E-state index in [0.29, 0.717) is 10.0 Å². The molecule has 1 aromatic carbocycles. The number of fused-ring (bicyclic) bond motifs is 1. The summed E-state index contributed by atoms with van der Waals surface area (Å²) in [6.07, 6.45) is 0. The summed E-state index contributed by atoms with van der Waals surface area (Å²) < 4.78 is 0.950. The first-order valence-corrected chi connectivity index (χ1v) is 4.99. The van der Waals surface area contributed by atoms with Gasteiger partial charge in [-0.15, -0.1) is 11.3 Å². The molecule has 0 atom stereocenters. The van der Waals surface area contributed by atoms with Crippen molar-refractivity contribution in [3.05, 3.63) is 28.8 Å². The molecule has 0 bridgehead atoms. The van der Waals surface area contributed by atoms with Crippen LogP contribution in [-0.4, -0.2) is 5.11 Å². The summed E-state index contributed by atoms with van der Waals surface area (Å²) in [5, 5.41) is 11.4. The average Bonchev–Trinajstić information content (AvgIpc) is 2.43. The van der Waals surface area contributed by atoms with E-state index in [0.717, 1.165) is 15.6 Å². The number of rotatable bonds is 1. The predicted octanol–water partition coefficient (Wildman–Crippen LogP) is 2.63. The molecular formula is C9H8ClNOS. The fourth-order valence-corrected chi connectivity index (χ4v) is 2.59. The number of aliphatic hydroxyl groups excluding tert-OH is 1. The SMILES string of the molecule is Nc1sc2c(Cl)cccc2c1CO. The highest BCUT2D eigenvalue weighted by atomic mass is 35.5. The molecular weight excluding hydrogens is 206 g/mol. The van der Waals surface area contributed by atoms with Crippen molar-refractivity contribution in [3.63, 3.8) is 0 Å². The molecule has 2 nitrogen and oxygen atoms in total. The van der Waals surface area contributed by atoms with Gasteiger partial charge >= 0.3 is 0 Å². The second-order valence-electron chi connectivity index (χ2n) is 2.72. The number of nitrogens with two attached hydrogens (primary N) is 1. The van der Waals surface area contributed by atoms with Crippen molar-refractivity contribution in [2.45, 2.75) is 6.61 Å². The number of benzene rings is 1. The van der Waals surface area contributed by atoms with Gasteiger partial charge in [0.05, 0.1) is 21.3 Å². The van der Waals surface area contributed by atoms with E-state index in [2.05, 4.69) is 0 Å². The highest BCUT2D eigenvalue weighted by Gasteiger charge is 2.10. The molecule has 13 heavy (non-hydrogen) atoms. The van der Waals surface area contributed by atoms with Gasteiger partial charge in [-0.1, -0.05) is 23.7 Å². The van der Waals surface area contributed by atoms with Crippen molar-refractivity contribution in [2.75, 3.05) is 5.73 Å². The number of anilines is 1. The molecule has 1 aromatic heterocycles. The van der Waals surface area contributed by atoms with Gasteiger partial charge in [0.2, 0.25) is 0 Å². The van der Waals surface area contributed by atoms with Crippen molar-refractivity contribution in [1.82, 2.24) is 0 Å². The number of nitrogen functional groups attached to an aromatic ring is 1. The number of hydrogen-bond acceptors (Lipinski definition) is 3. The monoisotopic (exact) mass is 213 g/mol. The fraction of sp³-hybridized carbons (Fsp3) is 0.111. The molecule has 2 rings (SSSR count). The minimum atomic E-state index is -0.0355. The third-order valence-corrected chi connectivity index (χ3v) is 3.50. The van der Waals surface area contributed by atoms with Gasteiger partial charge in [0.25, 0.3) is 0 Å². The Kier molecular flexibility index (Phi) is 2.15. The second-order valence-corrected chi connectivity index (χ2v) is 4.18. The Labute approximate surface area is 84.6 Å². The third kappa shape index (κ3) is 1.29. The van der Waals surface area contributed by atoms with Crippen LogP contribution in [0.25, 0.3) is 10.1 Å². The summed E-state index contributed by atoms with van der Waals surface area (Å²) >= 11 is 7.39. The predicted molar refractivity (Wildman–Crippen MR) is 57.2 cm³/mol. The van der Waals surface area contributed by atoms with E-state index in [1.54, 1.807) is 0 Å². The van der Waals surface area contributed by atoms with Crippen molar-refractivity contribution in [3.8, 4) is 0 Å². The zero-order valence-corrected chi connectivity index (χ0v) is 8.32. The molecule has 0 radical (unpaired) electrons. The first-order chi connectivity index (χ1) is 6.24. The van der Waals surface area contributed by atoms with Crippen LogP contribution in [0.5, 0.6) is 0 Å². The molecule has 2 aromatic rings. The van der Waals surface area contributed by atoms with E-state index in [9.17, 15) is 0 Å². The minimum absolute atomic E-state index is 0.0355. The van der Waals surface area contributed by atoms with Gasteiger partial charge in [0.1, 0.15) is 0 Å². The zero-order valence-electron chi connectivity index (χ0n) is 6.75. The first-order valence-electron chi connectivity index (χ1n) is 3.80. The number of hydrogen-bond donors (Lipinski definition) is 2.